The maximum atomic E-state index is 4.79. The van der Waals surface area contributed by atoms with Crippen LogP contribution in [0.25, 0.3) is 0 Å². The largest absolute Gasteiger partial charge is 0.385 e. The molecule has 0 aromatic heterocycles. The van der Waals surface area contributed by atoms with Gasteiger partial charge in [-0.1, -0.05) is 30.3 Å². The molecule has 0 aliphatic carbocycles. The van der Waals surface area contributed by atoms with Crippen LogP contribution in [0.1, 0.15) is 47.6 Å². The number of thiol groups is 2. The zero-order valence-corrected chi connectivity index (χ0v) is 19.4. The first-order valence-electron chi connectivity index (χ1n) is 10.1. The van der Waals surface area contributed by atoms with Gasteiger partial charge in [0, 0.05) is 40.2 Å². The SMILES string of the molecule is CCNc1ccc(C(c2ccc(NCC)c(C)c2)c2ccc(S)cc2S)cc1C. The second kappa shape index (κ2) is 9.64. The van der Waals surface area contributed by atoms with Gasteiger partial charge in [0.25, 0.3) is 0 Å². The van der Waals surface area contributed by atoms with E-state index < -0.39 is 0 Å². The second-order valence-electron chi connectivity index (χ2n) is 7.39. The van der Waals surface area contributed by atoms with Crippen molar-refractivity contribution in [1.29, 1.82) is 0 Å². The number of hydrogen-bond acceptors (Lipinski definition) is 4. The molecule has 3 rings (SSSR count). The Morgan fingerprint density at radius 2 is 1.24 bits per heavy atom. The fourth-order valence-electron chi connectivity index (χ4n) is 3.84. The Kier molecular flexibility index (Phi) is 7.20. The number of hydrogen-bond donors (Lipinski definition) is 4. The highest BCUT2D eigenvalue weighted by Crippen LogP contribution is 2.38. The van der Waals surface area contributed by atoms with E-state index in [1.54, 1.807) is 0 Å². The minimum Gasteiger partial charge on any atom is -0.385 e. The van der Waals surface area contributed by atoms with Crippen LogP contribution in [0.5, 0.6) is 0 Å². The summed E-state index contributed by atoms with van der Waals surface area (Å²) in [4.78, 5) is 1.89. The fraction of sp³-hybridized carbons (Fsp3) is 0.280. The van der Waals surface area contributed by atoms with Crippen molar-refractivity contribution in [2.24, 2.45) is 0 Å². The zero-order valence-electron chi connectivity index (χ0n) is 17.6. The molecule has 152 valence electrons. The van der Waals surface area contributed by atoms with Crippen LogP contribution < -0.4 is 10.6 Å². The maximum Gasteiger partial charge on any atom is 0.0369 e. The zero-order chi connectivity index (χ0) is 21.0. The molecule has 2 N–H and O–H groups in total. The summed E-state index contributed by atoms with van der Waals surface area (Å²) in [6.07, 6.45) is 0. The minimum atomic E-state index is 0.111. The fourth-order valence-corrected chi connectivity index (χ4v) is 4.49. The Morgan fingerprint density at radius 1 is 0.724 bits per heavy atom. The van der Waals surface area contributed by atoms with Crippen molar-refractivity contribution in [2.45, 2.75) is 43.4 Å². The van der Waals surface area contributed by atoms with Crippen LogP contribution in [0.3, 0.4) is 0 Å². The predicted molar refractivity (Wildman–Crippen MR) is 133 cm³/mol. The van der Waals surface area contributed by atoms with Crippen LogP contribution in [0.15, 0.2) is 64.4 Å². The third kappa shape index (κ3) is 4.93. The van der Waals surface area contributed by atoms with Crippen molar-refractivity contribution < 1.29 is 0 Å². The molecule has 2 nitrogen and oxygen atoms in total. The molecule has 29 heavy (non-hydrogen) atoms. The van der Waals surface area contributed by atoms with Gasteiger partial charge in [0.05, 0.1) is 0 Å². The molecule has 3 aromatic carbocycles. The van der Waals surface area contributed by atoms with Gasteiger partial charge in [-0.2, -0.15) is 0 Å². The van der Waals surface area contributed by atoms with Gasteiger partial charge in [-0.15, -0.1) is 25.3 Å². The van der Waals surface area contributed by atoms with Crippen LogP contribution in [0, 0.1) is 13.8 Å². The molecule has 0 heterocycles. The molecule has 0 spiro atoms. The normalized spacial score (nSPS) is 11.0. The summed E-state index contributed by atoms with van der Waals surface area (Å²) in [5, 5.41) is 6.87. The molecule has 0 saturated carbocycles. The standard InChI is InChI=1S/C25H30N2S2/c1-5-26-22-11-7-18(13-16(22)3)25(21-10-9-20(28)15-24(21)29)19-8-12-23(27-6-2)17(4)14-19/h7-15,25-29H,5-6H2,1-4H3. The Labute approximate surface area is 186 Å². The summed E-state index contributed by atoms with van der Waals surface area (Å²) in [7, 11) is 0. The lowest BCUT2D eigenvalue weighted by Crippen LogP contribution is -2.08. The average Bonchev–Trinajstić information content (AvgIpc) is 2.68. The van der Waals surface area contributed by atoms with Gasteiger partial charge >= 0.3 is 0 Å². The van der Waals surface area contributed by atoms with Gasteiger partial charge < -0.3 is 10.6 Å². The highest BCUT2D eigenvalue weighted by atomic mass is 32.1. The topological polar surface area (TPSA) is 24.1 Å². The van der Waals surface area contributed by atoms with Gasteiger partial charge in [0.2, 0.25) is 0 Å². The number of rotatable bonds is 7. The summed E-state index contributed by atoms with van der Waals surface area (Å²) in [5.74, 6) is 0.111. The van der Waals surface area contributed by atoms with Crippen LogP contribution in [0.2, 0.25) is 0 Å². The Morgan fingerprint density at radius 3 is 1.66 bits per heavy atom. The number of nitrogens with one attached hydrogen (secondary N) is 2. The molecule has 0 unspecified atom stereocenters. The third-order valence-electron chi connectivity index (χ3n) is 5.23. The lowest BCUT2D eigenvalue weighted by Gasteiger charge is -2.23. The second-order valence-corrected chi connectivity index (χ2v) is 8.38. The van der Waals surface area contributed by atoms with Crippen molar-refractivity contribution in [1.82, 2.24) is 0 Å². The van der Waals surface area contributed by atoms with E-state index in [0.717, 1.165) is 22.9 Å². The number of benzene rings is 3. The summed E-state index contributed by atoms with van der Waals surface area (Å²) in [5.41, 5.74) is 8.60. The average molecular weight is 423 g/mol. The first-order chi connectivity index (χ1) is 13.9. The highest BCUT2D eigenvalue weighted by molar-refractivity contribution is 7.81. The predicted octanol–water partition coefficient (Wildman–Crippen LogP) is 6.92. The molecule has 3 aromatic rings. The van der Waals surface area contributed by atoms with Crippen molar-refractivity contribution in [3.05, 3.63) is 82.4 Å². The van der Waals surface area contributed by atoms with Gasteiger partial charge in [0.15, 0.2) is 0 Å². The van der Waals surface area contributed by atoms with E-state index in [0.29, 0.717) is 0 Å². The van der Waals surface area contributed by atoms with Crippen LogP contribution in [-0.4, -0.2) is 13.1 Å². The maximum absolute atomic E-state index is 4.79. The van der Waals surface area contributed by atoms with Crippen LogP contribution >= 0.6 is 25.3 Å². The summed E-state index contributed by atoms with van der Waals surface area (Å²) in [6.45, 7) is 10.4. The Bertz CT molecular complexity index is 943. The molecule has 4 heteroatoms. The third-order valence-corrected chi connectivity index (χ3v) is 5.89. The molecule has 0 amide bonds. The van der Waals surface area contributed by atoms with Gasteiger partial charge in [-0.25, -0.2) is 0 Å². The monoisotopic (exact) mass is 422 g/mol. The van der Waals surface area contributed by atoms with Gasteiger partial charge in [-0.05, 0) is 79.8 Å². The van der Waals surface area contributed by atoms with E-state index in [4.69, 9.17) is 12.6 Å². The quantitative estimate of drug-likeness (QED) is 0.245. The first kappa shape index (κ1) is 21.7. The minimum absolute atomic E-state index is 0.111. The lowest BCUT2D eigenvalue weighted by atomic mass is 9.83. The van der Waals surface area contributed by atoms with Crippen LogP contribution in [-0.2, 0) is 0 Å². The number of aryl methyl sites for hydroxylation is 2. The molecule has 0 radical (unpaired) electrons. The Hall–Kier alpha value is -2.04. The van der Waals surface area contributed by atoms with Gasteiger partial charge in [-0.3, -0.25) is 0 Å². The molecule has 0 aliphatic heterocycles. The van der Waals surface area contributed by atoms with E-state index in [1.165, 1.54) is 39.2 Å². The van der Waals surface area contributed by atoms with Crippen molar-refractivity contribution in [2.75, 3.05) is 23.7 Å². The summed E-state index contributed by atoms with van der Waals surface area (Å²) >= 11 is 9.28. The summed E-state index contributed by atoms with van der Waals surface area (Å²) < 4.78 is 0. The molecule has 0 saturated heterocycles. The van der Waals surface area contributed by atoms with Crippen molar-refractivity contribution in [3.63, 3.8) is 0 Å². The molecular weight excluding hydrogens is 392 g/mol. The highest BCUT2D eigenvalue weighted by Gasteiger charge is 2.20. The van der Waals surface area contributed by atoms with E-state index in [9.17, 15) is 0 Å². The smallest absolute Gasteiger partial charge is 0.0369 e. The van der Waals surface area contributed by atoms with E-state index in [-0.39, 0.29) is 5.92 Å². The van der Waals surface area contributed by atoms with Gasteiger partial charge in [0.1, 0.15) is 0 Å². The molecule has 0 bridgehead atoms. The van der Waals surface area contributed by atoms with E-state index >= 15 is 0 Å². The molecule has 0 aliphatic rings. The number of anilines is 2. The van der Waals surface area contributed by atoms with E-state index in [2.05, 4.69) is 93.4 Å². The molecule has 0 fully saturated rings. The lowest BCUT2D eigenvalue weighted by molar-refractivity contribution is 0.936. The molecular formula is C25H30N2S2. The summed E-state index contributed by atoms with van der Waals surface area (Å²) in [6, 6.07) is 19.6. The Balaban J connectivity index is 2.15. The van der Waals surface area contributed by atoms with Crippen LogP contribution in [0.4, 0.5) is 11.4 Å². The van der Waals surface area contributed by atoms with Crippen molar-refractivity contribution >= 4 is 36.6 Å². The first-order valence-corrected chi connectivity index (χ1v) is 11.0. The van der Waals surface area contributed by atoms with E-state index in [1.807, 2.05) is 12.1 Å². The molecule has 0 atom stereocenters. The van der Waals surface area contributed by atoms with Crippen molar-refractivity contribution in [3.8, 4) is 0 Å².